The van der Waals surface area contributed by atoms with Crippen LogP contribution in [0.25, 0.3) is 0 Å². The maximum absolute atomic E-state index is 11.5. The minimum Gasteiger partial charge on any atom is -0.471 e. The first-order chi connectivity index (χ1) is 7.81. The Balaban J connectivity index is 2.18. The van der Waals surface area contributed by atoms with Gasteiger partial charge in [-0.3, -0.25) is 0 Å². The second kappa shape index (κ2) is 4.70. The topological polar surface area (TPSA) is 44.8 Å². The van der Waals surface area contributed by atoms with E-state index < -0.39 is 12.1 Å². The number of carbonyl (C=O) groups excluding carboxylic acids is 1. The summed E-state index contributed by atoms with van der Waals surface area (Å²) in [6, 6.07) is 7.16. The van der Waals surface area contributed by atoms with Gasteiger partial charge < -0.3 is 14.2 Å². The van der Waals surface area contributed by atoms with Crippen LogP contribution in [0.5, 0.6) is 11.5 Å². The Morgan fingerprint density at radius 3 is 2.88 bits per heavy atom. The fourth-order valence-electron chi connectivity index (χ4n) is 1.36. The fourth-order valence-corrected chi connectivity index (χ4v) is 1.36. The lowest BCUT2D eigenvalue weighted by Crippen LogP contribution is -2.26. The summed E-state index contributed by atoms with van der Waals surface area (Å²) < 4.78 is 15.7. The van der Waals surface area contributed by atoms with Crippen molar-refractivity contribution in [2.24, 2.45) is 0 Å². The van der Waals surface area contributed by atoms with Gasteiger partial charge in [0, 0.05) is 6.08 Å². The van der Waals surface area contributed by atoms with Gasteiger partial charge in [-0.2, -0.15) is 0 Å². The van der Waals surface area contributed by atoms with E-state index in [1.165, 1.54) is 12.3 Å². The number of para-hydroxylation sites is 2. The zero-order valence-corrected chi connectivity index (χ0v) is 8.88. The monoisotopic (exact) mass is 220 g/mol. The van der Waals surface area contributed by atoms with Crippen LogP contribution >= 0.6 is 0 Å². The summed E-state index contributed by atoms with van der Waals surface area (Å²) in [6.45, 7) is 2.08. The molecule has 0 aliphatic carbocycles. The molecule has 0 N–H and O–H groups in total. The molecule has 1 aliphatic heterocycles. The largest absolute Gasteiger partial charge is 0.471 e. The van der Waals surface area contributed by atoms with E-state index >= 15 is 0 Å². The van der Waals surface area contributed by atoms with E-state index in [9.17, 15) is 4.79 Å². The summed E-state index contributed by atoms with van der Waals surface area (Å²) in [4.78, 5) is 11.5. The number of benzene rings is 1. The van der Waals surface area contributed by atoms with E-state index in [0.29, 0.717) is 18.1 Å². The van der Waals surface area contributed by atoms with Gasteiger partial charge in [0.05, 0.1) is 12.9 Å². The van der Waals surface area contributed by atoms with Crippen molar-refractivity contribution in [2.75, 3.05) is 6.61 Å². The van der Waals surface area contributed by atoms with E-state index in [-0.39, 0.29) is 0 Å². The Bertz CT molecular complexity index is 411. The van der Waals surface area contributed by atoms with Gasteiger partial charge in [0.1, 0.15) is 0 Å². The minimum absolute atomic E-state index is 0.328. The van der Waals surface area contributed by atoms with Crippen molar-refractivity contribution in [2.45, 2.75) is 13.0 Å². The van der Waals surface area contributed by atoms with E-state index in [1.54, 1.807) is 19.1 Å². The number of ether oxygens (including phenoxy) is 3. The molecule has 0 saturated heterocycles. The summed E-state index contributed by atoms with van der Waals surface area (Å²) in [7, 11) is 0. The summed E-state index contributed by atoms with van der Waals surface area (Å²) in [5.41, 5.74) is 0. The highest BCUT2D eigenvalue weighted by Gasteiger charge is 2.22. The SMILES string of the molecule is CCOC(=O)C1C=COc2ccccc2O1. The maximum atomic E-state index is 11.5. The van der Waals surface area contributed by atoms with E-state index in [1.807, 2.05) is 12.1 Å². The average molecular weight is 220 g/mol. The first kappa shape index (κ1) is 10.5. The Hall–Kier alpha value is -1.97. The molecule has 0 amide bonds. The molecule has 16 heavy (non-hydrogen) atoms. The summed E-state index contributed by atoms with van der Waals surface area (Å²) in [6.07, 6.45) is 2.22. The number of esters is 1. The van der Waals surface area contributed by atoms with Gasteiger partial charge in [0.2, 0.25) is 6.10 Å². The molecule has 0 aromatic heterocycles. The quantitative estimate of drug-likeness (QED) is 0.714. The number of rotatable bonds is 2. The Morgan fingerprint density at radius 2 is 2.12 bits per heavy atom. The molecule has 1 aliphatic rings. The number of hydrogen-bond acceptors (Lipinski definition) is 4. The molecule has 0 bridgehead atoms. The molecule has 1 aromatic rings. The summed E-state index contributed by atoms with van der Waals surface area (Å²) >= 11 is 0. The standard InChI is InChI=1S/C12H12O4/c1-2-14-12(13)11-7-8-15-9-5-3-4-6-10(9)16-11/h3-8,11H,2H2,1H3. The molecular formula is C12H12O4. The van der Waals surface area contributed by atoms with E-state index in [0.717, 1.165) is 0 Å². The maximum Gasteiger partial charge on any atom is 0.351 e. The number of fused-ring (bicyclic) bond motifs is 1. The molecule has 0 radical (unpaired) electrons. The second-order valence-electron chi connectivity index (χ2n) is 3.18. The van der Waals surface area contributed by atoms with Crippen LogP contribution in [-0.2, 0) is 9.53 Å². The van der Waals surface area contributed by atoms with Gasteiger partial charge in [-0.25, -0.2) is 4.79 Å². The molecule has 0 spiro atoms. The van der Waals surface area contributed by atoms with Crippen molar-refractivity contribution in [3.8, 4) is 11.5 Å². The summed E-state index contributed by atoms with van der Waals surface area (Å²) in [5, 5.41) is 0. The van der Waals surface area contributed by atoms with Gasteiger partial charge in [-0.05, 0) is 19.1 Å². The van der Waals surface area contributed by atoms with Gasteiger partial charge in [0.15, 0.2) is 11.5 Å². The average Bonchev–Trinajstić information content (AvgIpc) is 2.51. The normalized spacial score (nSPS) is 17.7. The minimum atomic E-state index is -0.747. The first-order valence-corrected chi connectivity index (χ1v) is 5.07. The van der Waals surface area contributed by atoms with Crippen molar-refractivity contribution in [1.29, 1.82) is 0 Å². The first-order valence-electron chi connectivity index (χ1n) is 5.07. The summed E-state index contributed by atoms with van der Waals surface area (Å²) in [5.74, 6) is 0.704. The van der Waals surface area contributed by atoms with Crippen molar-refractivity contribution in [3.05, 3.63) is 36.6 Å². The third-order valence-electron chi connectivity index (χ3n) is 2.07. The van der Waals surface area contributed by atoms with Crippen molar-refractivity contribution in [3.63, 3.8) is 0 Å². The molecule has 1 heterocycles. The van der Waals surface area contributed by atoms with Crippen LogP contribution in [0.15, 0.2) is 36.6 Å². The zero-order chi connectivity index (χ0) is 11.4. The molecule has 4 heteroatoms. The van der Waals surface area contributed by atoms with Crippen molar-refractivity contribution < 1.29 is 19.0 Å². The smallest absolute Gasteiger partial charge is 0.351 e. The highest BCUT2D eigenvalue weighted by atomic mass is 16.6. The fraction of sp³-hybridized carbons (Fsp3) is 0.250. The molecule has 1 aromatic carbocycles. The Kier molecular flexibility index (Phi) is 3.10. The number of hydrogen-bond donors (Lipinski definition) is 0. The van der Waals surface area contributed by atoms with Crippen LogP contribution in [0.1, 0.15) is 6.92 Å². The van der Waals surface area contributed by atoms with Crippen LogP contribution in [0, 0.1) is 0 Å². The van der Waals surface area contributed by atoms with Crippen molar-refractivity contribution >= 4 is 5.97 Å². The molecule has 2 rings (SSSR count). The van der Waals surface area contributed by atoms with Gasteiger partial charge in [0.25, 0.3) is 0 Å². The predicted octanol–water partition coefficient (Wildman–Crippen LogP) is 1.90. The molecular weight excluding hydrogens is 208 g/mol. The van der Waals surface area contributed by atoms with Crippen LogP contribution in [0.2, 0.25) is 0 Å². The lowest BCUT2D eigenvalue weighted by Gasteiger charge is -2.12. The van der Waals surface area contributed by atoms with Gasteiger partial charge in [-0.15, -0.1) is 0 Å². The molecule has 1 atom stereocenters. The molecule has 1 unspecified atom stereocenters. The Morgan fingerprint density at radius 1 is 1.38 bits per heavy atom. The molecule has 84 valence electrons. The zero-order valence-electron chi connectivity index (χ0n) is 8.88. The molecule has 0 fully saturated rings. The van der Waals surface area contributed by atoms with Crippen molar-refractivity contribution in [1.82, 2.24) is 0 Å². The van der Waals surface area contributed by atoms with Gasteiger partial charge >= 0.3 is 5.97 Å². The lowest BCUT2D eigenvalue weighted by atomic mass is 10.3. The molecule has 4 nitrogen and oxygen atoms in total. The third kappa shape index (κ3) is 2.16. The number of carbonyl (C=O) groups is 1. The molecule has 0 saturated carbocycles. The Labute approximate surface area is 93.4 Å². The second-order valence-corrected chi connectivity index (χ2v) is 3.18. The predicted molar refractivity (Wildman–Crippen MR) is 57.3 cm³/mol. The lowest BCUT2D eigenvalue weighted by molar-refractivity contribution is -0.149. The van der Waals surface area contributed by atoms with Crippen LogP contribution in [0.4, 0.5) is 0 Å². The van der Waals surface area contributed by atoms with Crippen LogP contribution < -0.4 is 9.47 Å². The highest BCUT2D eigenvalue weighted by molar-refractivity contribution is 5.77. The van der Waals surface area contributed by atoms with Gasteiger partial charge in [-0.1, -0.05) is 12.1 Å². The van der Waals surface area contributed by atoms with E-state index in [2.05, 4.69) is 0 Å². The highest BCUT2D eigenvalue weighted by Crippen LogP contribution is 2.29. The van der Waals surface area contributed by atoms with E-state index in [4.69, 9.17) is 14.2 Å². The van der Waals surface area contributed by atoms with Crippen LogP contribution in [0.3, 0.4) is 0 Å². The van der Waals surface area contributed by atoms with Crippen LogP contribution in [-0.4, -0.2) is 18.7 Å². The third-order valence-corrected chi connectivity index (χ3v) is 2.07.